The standard InChI is InChI=1S/C15H20FN3O/c1-11(13-7-6-12(16)9-18-13)17-10-14(19(2)3)15-5-4-8-20-15/h4-9,11,14,17H,10H2,1-3H3. The molecule has 1 N–H and O–H groups in total. The number of rotatable bonds is 6. The van der Waals surface area contributed by atoms with E-state index in [4.69, 9.17) is 4.42 Å². The molecule has 2 rings (SSSR count). The molecule has 0 bridgehead atoms. The summed E-state index contributed by atoms with van der Waals surface area (Å²) in [5.74, 6) is 0.601. The molecule has 2 atom stereocenters. The van der Waals surface area contributed by atoms with Gasteiger partial charge in [-0.15, -0.1) is 0 Å². The quantitative estimate of drug-likeness (QED) is 0.881. The van der Waals surface area contributed by atoms with E-state index in [-0.39, 0.29) is 17.9 Å². The van der Waals surface area contributed by atoms with Crippen molar-refractivity contribution in [1.82, 2.24) is 15.2 Å². The van der Waals surface area contributed by atoms with Gasteiger partial charge >= 0.3 is 0 Å². The van der Waals surface area contributed by atoms with Crippen molar-refractivity contribution >= 4 is 0 Å². The fourth-order valence-electron chi connectivity index (χ4n) is 2.05. The molecule has 0 spiro atoms. The number of hydrogen-bond donors (Lipinski definition) is 1. The highest BCUT2D eigenvalue weighted by molar-refractivity contribution is 5.10. The highest BCUT2D eigenvalue weighted by atomic mass is 19.1. The molecular weight excluding hydrogens is 257 g/mol. The van der Waals surface area contributed by atoms with Crippen molar-refractivity contribution in [3.8, 4) is 0 Å². The first kappa shape index (κ1) is 14.7. The predicted molar refractivity (Wildman–Crippen MR) is 75.7 cm³/mol. The van der Waals surface area contributed by atoms with Gasteiger partial charge in [0.25, 0.3) is 0 Å². The van der Waals surface area contributed by atoms with Crippen LogP contribution in [0.2, 0.25) is 0 Å². The second kappa shape index (κ2) is 6.63. The van der Waals surface area contributed by atoms with Crippen LogP contribution in [0.5, 0.6) is 0 Å². The van der Waals surface area contributed by atoms with Crippen LogP contribution in [0.4, 0.5) is 4.39 Å². The lowest BCUT2D eigenvalue weighted by Crippen LogP contribution is -2.32. The third-order valence-electron chi connectivity index (χ3n) is 3.31. The fraction of sp³-hybridized carbons (Fsp3) is 0.400. The highest BCUT2D eigenvalue weighted by Crippen LogP contribution is 2.19. The molecule has 0 saturated heterocycles. The van der Waals surface area contributed by atoms with Crippen LogP contribution in [0.3, 0.4) is 0 Å². The molecule has 0 amide bonds. The van der Waals surface area contributed by atoms with Gasteiger partial charge in [-0.25, -0.2) is 4.39 Å². The Balaban J connectivity index is 1.97. The minimum Gasteiger partial charge on any atom is -0.468 e. The average Bonchev–Trinajstić information content (AvgIpc) is 2.93. The van der Waals surface area contributed by atoms with E-state index < -0.39 is 0 Å². The summed E-state index contributed by atoms with van der Waals surface area (Å²) >= 11 is 0. The van der Waals surface area contributed by atoms with E-state index in [2.05, 4.69) is 15.2 Å². The van der Waals surface area contributed by atoms with Gasteiger partial charge in [-0.3, -0.25) is 9.88 Å². The number of aromatic nitrogens is 1. The molecule has 2 aromatic heterocycles. The van der Waals surface area contributed by atoms with E-state index in [0.29, 0.717) is 0 Å². The molecule has 0 aliphatic carbocycles. The molecule has 0 fully saturated rings. The van der Waals surface area contributed by atoms with Crippen molar-refractivity contribution in [2.45, 2.75) is 19.0 Å². The second-order valence-electron chi connectivity index (χ2n) is 5.03. The number of nitrogens with one attached hydrogen (secondary N) is 1. The van der Waals surface area contributed by atoms with Crippen LogP contribution in [-0.4, -0.2) is 30.5 Å². The summed E-state index contributed by atoms with van der Waals surface area (Å²) in [7, 11) is 4.02. The van der Waals surface area contributed by atoms with Crippen molar-refractivity contribution in [1.29, 1.82) is 0 Å². The number of pyridine rings is 1. The Morgan fingerprint density at radius 2 is 2.15 bits per heavy atom. The molecule has 0 radical (unpaired) electrons. The Labute approximate surface area is 118 Å². The monoisotopic (exact) mass is 277 g/mol. The number of furan rings is 1. The van der Waals surface area contributed by atoms with Crippen LogP contribution in [0, 0.1) is 5.82 Å². The third-order valence-corrected chi connectivity index (χ3v) is 3.31. The van der Waals surface area contributed by atoms with Gasteiger partial charge in [0, 0.05) is 12.6 Å². The summed E-state index contributed by atoms with van der Waals surface area (Å²) in [6.45, 7) is 2.73. The Bertz CT molecular complexity index is 510. The number of nitrogens with zero attached hydrogens (tertiary/aromatic N) is 2. The first-order valence-corrected chi connectivity index (χ1v) is 6.62. The van der Waals surface area contributed by atoms with Crippen LogP contribution < -0.4 is 5.32 Å². The Kier molecular flexibility index (Phi) is 4.87. The summed E-state index contributed by atoms with van der Waals surface area (Å²) in [6.07, 6.45) is 2.92. The van der Waals surface area contributed by atoms with Crippen molar-refractivity contribution in [2.24, 2.45) is 0 Å². The molecule has 0 saturated carbocycles. The molecule has 108 valence electrons. The minimum absolute atomic E-state index is 0.0491. The SMILES string of the molecule is CC(NCC(c1ccco1)N(C)C)c1ccc(F)cn1. The maximum atomic E-state index is 12.9. The van der Waals surface area contributed by atoms with Gasteiger partial charge in [0.1, 0.15) is 11.6 Å². The highest BCUT2D eigenvalue weighted by Gasteiger charge is 2.18. The van der Waals surface area contributed by atoms with E-state index in [0.717, 1.165) is 18.0 Å². The van der Waals surface area contributed by atoms with Crippen molar-refractivity contribution in [2.75, 3.05) is 20.6 Å². The molecule has 4 nitrogen and oxygen atoms in total. The van der Waals surface area contributed by atoms with Gasteiger partial charge in [-0.1, -0.05) is 0 Å². The first-order chi connectivity index (χ1) is 9.58. The maximum absolute atomic E-state index is 12.9. The zero-order valence-electron chi connectivity index (χ0n) is 12.0. The molecular formula is C15H20FN3O. The van der Waals surface area contributed by atoms with Gasteiger partial charge in [0.15, 0.2) is 0 Å². The van der Waals surface area contributed by atoms with E-state index in [9.17, 15) is 4.39 Å². The van der Waals surface area contributed by atoms with Gasteiger partial charge in [-0.05, 0) is 45.3 Å². The molecule has 0 aromatic carbocycles. The lowest BCUT2D eigenvalue weighted by atomic mass is 10.1. The van der Waals surface area contributed by atoms with Crippen LogP contribution in [0.25, 0.3) is 0 Å². The average molecular weight is 277 g/mol. The van der Waals surface area contributed by atoms with E-state index >= 15 is 0 Å². The smallest absolute Gasteiger partial charge is 0.141 e. The van der Waals surface area contributed by atoms with Gasteiger partial charge in [-0.2, -0.15) is 0 Å². The van der Waals surface area contributed by atoms with E-state index in [1.54, 1.807) is 12.3 Å². The summed E-state index contributed by atoms with van der Waals surface area (Å²) in [6, 6.07) is 7.17. The Morgan fingerprint density at radius 3 is 2.70 bits per heavy atom. The molecule has 2 heterocycles. The van der Waals surface area contributed by atoms with Gasteiger partial charge in [0.05, 0.1) is 24.2 Å². The van der Waals surface area contributed by atoms with Crippen molar-refractivity contribution in [3.05, 3.63) is 54.0 Å². The van der Waals surface area contributed by atoms with Gasteiger partial charge in [0.2, 0.25) is 0 Å². The summed E-state index contributed by atoms with van der Waals surface area (Å²) in [4.78, 5) is 6.18. The van der Waals surface area contributed by atoms with E-state index in [1.165, 1.54) is 12.3 Å². The predicted octanol–water partition coefficient (Wildman–Crippen LogP) is 2.77. The zero-order valence-corrected chi connectivity index (χ0v) is 12.0. The Hall–Kier alpha value is -1.72. The maximum Gasteiger partial charge on any atom is 0.141 e. The second-order valence-corrected chi connectivity index (χ2v) is 5.03. The number of hydrogen-bond acceptors (Lipinski definition) is 4. The summed E-state index contributed by atoms with van der Waals surface area (Å²) in [5.41, 5.74) is 0.823. The molecule has 2 unspecified atom stereocenters. The lowest BCUT2D eigenvalue weighted by molar-refractivity contribution is 0.245. The fourth-order valence-corrected chi connectivity index (χ4v) is 2.05. The molecule has 0 aliphatic heterocycles. The molecule has 0 aliphatic rings. The summed E-state index contributed by atoms with van der Waals surface area (Å²) in [5, 5.41) is 3.40. The van der Waals surface area contributed by atoms with Crippen molar-refractivity contribution < 1.29 is 8.81 Å². The van der Waals surface area contributed by atoms with Crippen molar-refractivity contribution in [3.63, 3.8) is 0 Å². The number of halogens is 1. The van der Waals surface area contributed by atoms with Crippen LogP contribution in [-0.2, 0) is 0 Å². The van der Waals surface area contributed by atoms with Gasteiger partial charge < -0.3 is 9.73 Å². The first-order valence-electron chi connectivity index (χ1n) is 6.62. The topological polar surface area (TPSA) is 41.3 Å². The molecule has 20 heavy (non-hydrogen) atoms. The minimum atomic E-state index is -0.317. The molecule has 2 aromatic rings. The van der Waals surface area contributed by atoms with Crippen LogP contribution in [0.15, 0.2) is 41.1 Å². The normalized spacial score (nSPS) is 14.4. The lowest BCUT2D eigenvalue weighted by Gasteiger charge is -2.24. The summed E-state index contributed by atoms with van der Waals surface area (Å²) < 4.78 is 18.3. The van der Waals surface area contributed by atoms with Crippen LogP contribution >= 0.6 is 0 Å². The third kappa shape index (κ3) is 3.65. The molecule has 5 heteroatoms. The van der Waals surface area contributed by atoms with Crippen LogP contribution in [0.1, 0.15) is 30.5 Å². The number of likely N-dealkylation sites (N-methyl/N-ethyl adjacent to an activating group) is 1. The largest absolute Gasteiger partial charge is 0.468 e. The van der Waals surface area contributed by atoms with E-state index in [1.807, 2.05) is 33.2 Å². The Morgan fingerprint density at radius 1 is 1.35 bits per heavy atom. The zero-order chi connectivity index (χ0) is 14.5.